The fourth-order valence-corrected chi connectivity index (χ4v) is 3.17. The maximum atomic E-state index is 11.5. The summed E-state index contributed by atoms with van der Waals surface area (Å²) in [6, 6.07) is 3.42. The maximum Gasteiger partial charge on any atom is 0.264 e. The minimum atomic E-state index is -0.289. The molecule has 7 heteroatoms. The van der Waals surface area contributed by atoms with Gasteiger partial charge in [0.1, 0.15) is 5.75 Å². The number of thioether (sulfide) groups is 1. The predicted octanol–water partition coefficient (Wildman–Crippen LogP) is 3.25. The molecule has 0 saturated carbocycles. The van der Waals surface area contributed by atoms with Gasteiger partial charge in [-0.15, -0.1) is 0 Å². The Hall–Kier alpha value is -0.980. The highest BCUT2D eigenvalue weighted by Gasteiger charge is 2.23. The summed E-state index contributed by atoms with van der Waals surface area (Å²) in [6.07, 6.45) is 1.65. The van der Waals surface area contributed by atoms with Crippen LogP contribution in [0.1, 0.15) is 5.56 Å². The van der Waals surface area contributed by atoms with Crippen LogP contribution in [0, 0.1) is 5.41 Å². The second-order valence-electron chi connectivity index (χ2n) is 3.40. The van der Waals surface area contributed by atoms with Gasteiger partial charge in [-0.1, -0.05) is 11.6 Å². The molecule has 1 heterocycles. The minimum Gasteiger partial charge on any atom is -0.495 e. The molecular weight excluding hydrogens is 340 g/mol. The lowest BCUT2D eigenvalue weighted by Crippen LogP contribution is -2.18. The molecule has 0 spiro atoms. The summed E-state index contributed by atoms with van der Waals surface area (Å²) >= 11 is 10.4. The lowest BCUT2D eigenvalue weighted by atomic mass is 10.2. The van der Waals surface area contributed by atoms with E-state index in [1.54, 1.807) is 25.3 Å². The van der Waals surface area contributed by atoms with Gasteiger partial charge in [0.15, 0.2) is 5.17 Å². The third-order valence-corrected chi connectivity index (χ3v) is 3.83. The van der Waals surface area contributed by atoms with Crippen molar-refractivity contribution in [3.63, 3.8) is 0 Å². The summed E-state index contributed by atoms with van der Waals surface area (Å²) in [7, 11) is 1.54. The summed E-state index contributed by atoms with van der Waals surface area (Å²) in [5.41, 5.74) is 0.684. The number of nitrogens with one attached hydrogen (secondary N) is 2. The fourth-order valence-electron chi connectivity index (χ4n) is 1.49. The number of amides is 1. The molecule has 0 aliphatic carbocycles. The highest BCUT2D eigenvalue weighted by molar-refractivity contribution is 9.10. The summed E-state index contributed by atoms with van der Waals surface area (Å²) < 4.78 is 5.97. The second-order valence-corrected chi connectivity index (χ2v) is 5.75. The molecule has 0 radical (unpaired) electrons. The first kappa shape index (κ1) is 13.5. The number of amidine groups is 1. The molecule has 1 saturated heterocycles. The van der Waals surface area contributed by atoms with Crippen molar-refractivity contribution in [1.29, 1.82) is 5.41 Å². The number of hydrogen-bond donors (Lipinski definition) is 2. The largest absolute Gasteiger partial charge is 0.495 e. The van der Waals surface area contributed by atoms with Crippen LogP contribution >= 0.6 is 39.3 Å². The quantitative estimate of drug-likeness (QED) is 0.807. The maximum absolute atomic E-state index is 11.5. The number of rotatable bonds is 2. The van der Waals surface area contributed by atoms with Crippen LogP contribution < -0.4 is 10.1 Å². The van der Waals surface area contributed by atoms with Crippen LogP contribution in [0.25, 0.3) is 6.08 Å². The molecule has 0 unspecified atom stereocenters. The zero-order chi connectivity index (χ0) is 13.3. The van der Waals surface area contributed by atoms with Gasteiger partial charge in [-0.3, -0.25) is 10.2 Å². The van der Waals surface area contributed by atoms with E-state index in [1.165, 1.54) is 0 Å². The third kappa shape index (κ3) is 2.71. The number of carbonyl (C=O) groups excluding carboxylic acids is 1. The van der Waals surface area contributed by atoms with Crippen molar-refractivity contribution in [3.05, 3.63) is 32.1 Å². The monoisotopic (exact) mass is 346 g/mol. The molecule has 1 amide bonds. The number of methoxy groups -OCH3 is 1. The van der Waals surface area contributed by atoms with Crippen molar-refractivity contribution in [3.8, 4) is 5.75 Å². The SMILES string of the molecule is COc1c(Br)cc(Cl)cc1C=C1SC(=N)NC1=O. The Bertz CT molecular complexity index is 574. The molecule has 0 bridgehead atoms. The third-order valence-electron chi connectivity index (χ3n) is 2.19. The molecule has 0 aromatic heterocycles. The van der Waals surface area contributed by atoms with Crippen molar-refractivity contribution in [2.24, 2.45) is 0 Å². The summed E-state index contributed by atoms with van der Waals surface area (Å²) in [4.78, 5) is 12.0. The average Bonchev–Trinajstić information content (AvgIpc) is 2.57. The first-order valence-corrected chi connectivity index (χ1v) is 6.82. The van der Waals surface area contributed by atoms with Gasteiger partial charge in [-0.05, 0) is 45.9 Å². The van der Waals surface area contributed by atoms with E-state index < -0.39 is 0 Å². The number of ether oxygens (including phenoxy) is 1. The van der Waals surface area contributed by atoms with E-state index in [0.29, 0.717) is 25.7 Å². The van der Waals surface area contributed by atoms with E-state index in [-0.39, 0.29) is 11.1 Å². The molecule has 94 valence electrons. The van der Waals surface area contributed by atoms with Crippen molar-refractivity contribution >= 4 is 56.4 Å². The zero-order valence-corrected chi connectivity index (χ0v) is 12.4. The first-order chi connectivity index (χ1) is 8.51. The molecule has 1 fully saturated rings. The van der Waals surface area contributed by atoms with Crippen LogP contribution in [0.4, 0.5) is 0 Å². The molecule has 1 aromatic rings. The molecule has 4 nitrogen and oxygen atoms in total. The number of carbonyl (C=O) groups is 1. The lowest BCUT2D eigenvalue weighted by molar-refractivity contribution is -0.115. The highest BCUT2D eigenvalue weighted by Crippen LogP contribution is 2.35. The Kier molecular flexibility index (Phi) is 3.99. The first-order valence-electron chi connectivity index (χ1n) is 4.83. The van der Waals surface area contributed by atoms with Crippen LogP contribution in [0.15, 0.2) is 21.5 Å². The number of benzene rings is 1. The van der Waals surface area contributed by atoms with Gasteiger partial charge in [0.25, 0.3) is 5.91 Å². The van der Waals surface area contributed by atoms with Crippen LogP contribution in [-0.4, -0.2) is 18.2 Å². The number of halogens is 2. The van der Waals surface area contributed by atoms with Gasteiger partial charge in [-0.2, -0.15) is 0 Å². The molecular formula is C11H8BrClN2O2S. The molecule has 2 rings (SSSR count). The van der Waals surface area contributed by atoms with Gasteiger partial charge in [0.05, 0.1) is 16.5 Å². The Morgan fingerprint density at radius 3 is 2.83 bits per heavy atom. The Morgan fingerprint density at radius 1 is 1.56 bits per heavy atom. The Balaban J connectivity index is 2.48. The average molecular weight is 348 g/mol. The van der Waals surface area contributed by atoms with E-state index in [2.05, 4.69) is 21.2 Å². The Labute approximate surface area is 121 Å². The van der Waals surface area contributed by atoms with E-state index in [0.717, 1.165) is 11.8 Å². The topological polar surface area (TPSA) is 62.2 Å². The molecule has 1 aliphatic heterocycles. The zero-order valence-electron chi connectivity index (χ0n) is 9.21. The van der Waals surface area contributed by atoms with Crippen LogP contribution in [0.2, 0.25) is 5.02 Å². The van der Waals surface area contributed by atoms with E-state index in [1.807, 2.05) is 0 Å². The molecule has 2 N–H and O–H groups in total. The van der Waals surface area contributed by atoms with Crippen molar-refractivity contribution < 1.29 is 9.53 Å². The normalized spacial score (nSPS) is 17.2. The summed E-state index contributed by atoms with van der Waals surface area (Å²) in [5, 5.41) is 10.4. The second kappa shape index (κ2) is 5.34. The summed E-state index contributed by atoms with van der Waals surface area (Å²) in [5.74, 6) is 0.307. The van der Waals surface area contributed by atoms with E-state index >= 15 is 0 Å². The van der Waals surface area contributed by atoms with Gasteiger partial charge in [-0.25, -0.2) is 0 Å². The van der Waals surface area contributed by atoms with Crippen molar-refractivity contribution in [1.82, 2.24) is 5.32 Å². The van der Waals surface area contributed by atoms with Crippen molar-refractivity contribution in [2.75, 3.05) is 7.11 Å². The Morgan fingerprint density at radius 2 is 2.28 bits per heavy atom. The van der Waals surface area contributed by atoms with Crippen LogP contribution in [-0.2, 0) is 4.79 Å². The van der Waals surface area contributed by atoms with Gasteiger partial charge < -0.3 is 10.1 Å². The molecule has 0 atom stereocenters. The lowest BCUT2D eigenvalue weighted by Gasteiger charge is -2.08. The fraction of sp³-hybridized carbons (Fsp3) is 0.0909. The molecule has 18 heavy (non-hydrogen) atoms. The number of hydrogen-bond acceptors (Lipinski definition) is 4. The van der Waals surface area contributed by atoms with Crippen LogP contribution in [0.5, 0.6) is 5.75 Å². The van der Waals surface area contributed by atoms with Crippen LogP contribution in [0.3, 0.4) is 0 Å². The molecule has 1 aromatic carbocycles. The predicted molar refractivity (Wildman–Crippen MR) is 77.1 cm³/mol. The summed E-state index contributed by atoms with van der Waals surface area (Å²) in [6.45, 7) is 0. The highest BCUT2D eigenvalue weighted by atomic mass is 79.9. The minimum absolute atomic E-state index is 0.117. The smallest absolute Gasteiger partial charge is 0.264 e. The molecule has 1 aliphatic rings. The standard InChI is InChI=1S/C11H8BrClN2O2S/c1-17-9-5(2-6(13)4-7(9)12)3-8-10(16)15-11(14)18-8/h2-4H,1H3,(H2,14,15,16). The van der Waals surface area contributed by atoms with E-state index in [9.17, 15) is 4.79 Å². The van der Waals surface area contributed by atoms with Gasteiger partial charge in [0.2, 0.25) is 0 Å². The van der Waals surface area contributed by atoms with Gasteiger partial charge in [0, 0.05) is 10.6 Å². The van der Waals surface area contributed by atoms with Gasteiger partial charge >= 0.3 is 0 Å². The van der Waals surface area contributed by atoms with E-state index in [4.69, 9.17) is 21.7 Å². The van der Waals surface area contributed by atoms with Crippen molar-refractivity contribution in [2.45, 2.75) is 0 Å².